The minimum absolute atomic E-state index is 0.0471. The molecule has 0 unspecified atom stereocenters. The molecule has 3 aliphatic rings. The molecule has 1 aromatic rings. The van der Waals surface area contributed by atoms with Gasteiger partial charge in [-0.25, -0.2) is 9.79 Å². The van der Waals surface area contributed by atoms with E-state index in [2.05, 4.69) is 20.8 Å². The lowest BCUT2D eigenvalue weighted by atomic mass is 9.75. The van der Waals surface area contributed by atoms with Gasteiger partial charge in [-0.2, -0.15) is 0 Å². The molecule has 1 saturated heterocycles. The normalized spacial score (nSPS) is 33.6. The van der Waals surface area contributed by atoms with Gasteiger partial charge in [-0.05, 0) is 49.1 Å². The van der Waals surface area contributed by atoms with Crippen LogP contribution in [0.3, 0.4) is 0 Å². The second-order valence-corrected chi connectivity index (χ2v) is 9.18. The van der Waals surface area contributed by atoms with E-state index in [4.69, 9.17) is 23.9 Å². The molecule has 4 rings (SSSR count). The number of carbonyl (C=O) groups excluding carboxylic acids is 1. The number of fused-ring (bicyclic) bond motifs is 1. The summed E-state index contributed by atoms with van der Waals surface area (Å²) in [7, 11) is 1.63. The molecule has 2 heterocycles. The van der Waals surface area contributed by atoms with Crippen molar-refractivity contribution in [2.45, 2.75) is 77.6 Å². The lowest BCUT2D eigenvalue weighted by Crippen LogP contribution is -2.37. The summed E-state index contributed by atoms with van der Waals surface area (Å²) in [6.45, 7) is 6.67. The molecule has 6 nitrogen and oxygen atoms in total. The predicted molar refractivity (Wildman–Crippen MR) is 113 cm³/mol. The van der Waals surface area contributed by atoms with Gasteiger partial charge in [0.1, 0.15) is 12.1 Å². The van der Waals surface area contributed by atoms with Crippen LogP contribution in [0.15, 0.2) is 29.3 Å². The first-order chi connectivity index (χ1) is 14.5. The zero-order valence-electron chi connectivity index (χ0n) is 18.4. The molecule has 0 N–H and O–H groups in total. The minimum Gasteiger partial charge on any atom is -0.458 e. The lowest BCUT2D eigenvalue weighted by Gasteiger charge is -2.36. The maximum absolute atomic E-state index is 13.2. The highest BCUT2D eigenvalue weighted by Crippen LogP contribution is 2.36. The summed E-state index contributed by atoms with van der Waals surface area (Å²) in [6.07, 6.45) is 4.04. The number of benzene rings is 1. The number of hydrogen-bond donors (Lipinski definition) is 0. The van der Waals surface area contributed by atoms with Gasteiger partial charge in [0.2, 0.25) is 12.2 Å². The van der Waals surface area contributed by atoms with E-state index < -0.39 is 6.29 Å². The van der Waals surface area contributed by atoms with Gasteiger partial charge in [-0.15, -0.1) is 0 Å². The number of carbonyl (C=O) groups is 1. The third-order valence-electron chi connectivity index (χ3n) is 6.67. The molecule has 0 bridgehead atoms. The molecule has 6 atom stereocenters. The number of ether oxygens (including phenoxy) is 4. The fourth-order valence-electron chi connectivity index (χ4n) is 4.88. The summed E-state index contributed by atoms with van der Waals surface area (Å²) in [5.41, 5.74) is 1.17. The first kappa shape index (κ1) is 21.3. The molecule has 164 valence electrons. The van der Waals surface area contributed by atoms with Crippen LogP contribution in [0.4, 0.5) is 0 Å². The topological polar surface area (TPSA) is 66.4 Å². The van der Waals surface area contributed by atoms with Crippen LogP contribution in [0.1, 0.15) is 68.8 Å². The van der Waals surface area contributed by atoms with E-state index in [1.807, 2.05) is 18.2 Å². The second kappa shape index (κ2) is 9.06. The first-order valence-corrected chi connectivity index (χ1v) is 11.2. The van der Waals surface area contributed by atoms with Crippen LogP contribution in [-0.4, -0.2) is 43.7 Å². The highest BCUT2D eigenvalue weighted by Gasteiger charge is 2.40. The standard InChI is InChI=1S/C24H33NO5/c1-14(2)16-10-9-15(3)13-20(16)28-23(26)18-8-6-5-7-17(18)22-25-19-11-12-21(27-4)29-24(19)30-22/h5-8,14-16,19-21,24H,9-13H2,1-4H3/t15-,16+,19-,20-,21+,24-/m1/s1. The zero-order valence-corrected chi connectivity index (χ0v) is 18.4. The summed E-state index contributed by atoms with van der Waals surface area (Å²) in [4.78, 5) is 17.9. The van der Waals surface area contributed by atoms with Crippen molar-refractivity contribution >= 4 is 11.9 Å². The van der Waals surface area contributed by atoms with Crippen LogP contribution in [0.2, 0.25) is 0 Å². The van der Waals surface area contributed by atoms with E-state index in [0.717, 1.165) is 25.7 Å². The molecule has 1 saturated carbocycles. The van der Waals surface area contributed by atoms with Gasteiger partial charge in [0.05, 0.1) is 11.1 Å². The Balaban J connectivity index is 1.51. The van der Waals surface area contributed by atoms with Crippen molar-refractivity contribution in [2.24, 2.45) is 22.7 Å². The van der Waals surface area contributed by atoms with Crippen LogP contribution in [-0.2, 0) is 18.9 Å². The number of aliphatic imine (C=N–C) groups is 1. The number of hydrogen-bond acceptors (Lipinski definition) is 6. The summed E-state index contributed by atoms with van der Waals surface area (Å²) in [5.74, 6) is 1.62. The van der Waals surface area contributed by atoms with Gasteiger partial charge in [0, 0.05) is 13.5 Å². The van der Waals surface area contributed by atoms with Crippen LogP contribution in [0.25, 0.3) is 0 Å². The second-order valence-electron chi connectivity index (χ2n) is 9.18. The first-order valence-electron chi connectivity index (χ1n) is 11.2. The van der Waals surface area contributed by atoms with Crippen molar-refractivity contribution in [1.82, 2.24) is 0 Å². The van der Waals surface area contributed by atoms with E-state index in [-0.39, 0.29) is 24.4 Å². The lowest BCUT2D eigenvalue weighted by molar-refractivity contribution is -0.235. The molecule has 2 aliphatic heterocycles. The van der Waals surface area contributed by atoms with Crippen molar-refractivity contribution in [3.05, 3.63) is 35.4 Å². The highest BCUT2D eigenvalue weighted by atomic mass is 16.8. The Morgan fingerprint density at radius 1 is 1.17 bits per heavy atom. The largest absolute Gasteiger partial charge is 0.458 e. The molecule has 6 heteroatoms. The van der Waals surface area contributed by atoms with Gasteiger partial charge in [-0.1, -0.05) is 39.3 Å². The van der Waals surface area contributed by atoms with Crippen molar-refractivity contribution in [3.63, 3.8) is 0 Å². The third-order valence-corrected chi connectivity index (χ3v) is 6.67. The quantitative estimate of drug-likeness (QED) is 0.660. The molecule has 30 heavy (non-hydrogen) atoms. The van der Waals surface area contributed by atoms with Crippen molar-refractivity contribution < 1.29 is 23.7 Å². The van der Waals surface area contributed by atoms with E-state index in [0.29, 0.717) is 34.8 Å². The van der Waals surface area contributed by atoms with Gasteiger partial charge in [0.25, 0.3) is 0 Å². The fourth-order valence-corrected chi connectivity index (χ4v) is 4.88. The average Bonchev–Trinajstić information content (AvgIpc) is 3.16. The predicted octanol–water partition coefficient (Wildman–Crippen LogP) is 4.56. The summed E-state index contributed by atoms with van der Waals surface area (Å²) >= 11 is 0. The Hall–Kier alpha value is -1.92. The molecule has 0 amide bonds. The molecular weight excluding hydrogens is 382 g/mol. The monoisotopic (exact) mass is 415 g/mol. The van der Waals surface area contributed by atoms with Crippen molar-refractivity contribution in [1.29, 1.82) is 0 Å². The molecule has 0 aromatic heterocycles. The molecule has 1 aliphatic carbocycles. The maximum atomic E-state index is 13.2. The number of nitrogens with zero attached hydrogens (tertiary/aromatic N) is 1. The molecular formula is C24H33NO5. The fraction of sp³-hybridized carbons (Fsp3) is 0.667. The molecule has 0 radical (unpaired) electrons. The number of rotatable bonds is 5. The van der Waals surface area contributed by atoms with Crippen LogP contribution in [0.5, 0.6) is 0 Å². The van der Waals surface area contributed by atoms with Crippen molar-refractivity contribution in [3.8, 4) is 0 Å². The van der Waals surface area contributed by atoms with Crippen LogP contribution >= 0.6 is 0 Å². The Bertz CT molecular complexity index is 792. The number of methoxy groups -OCH3 is 1. The minimum atomic E-state index is -0.465. The molecule has 1 aromatic carbocycles. The zero-order chi connectivity index (χ0) is 21.3. The Morgan fingerprint density at radius 2 is 1.97 bits per heavy atom. The van der Waals surface area contributed by atoms with Crippen molar-refractivity contribution in [2.75, 3.05) is 7.11 Å². The van der Waals surface area contributed by atoms with Gasteiger partial charge < -0.3 is 18.9 Å². The highest BCUT2D eigenvalue weighted by molar-refractivity contribution is 6.06. The average molecular weight is 416 g/mol. The molecule has 2 fully saturated rings. The summed E-state index contributed by atoms with van der Waals surface area (Å²) in [5, 5.41) is 0. The molecule has 0 spiro atoms. The van der Waals surface area contributed by atoms with Crippen LogP contribution < -0.4 is 0 Å². The van der Waals surface area contributed by atoms with Crippen LogP contribution in [0, 0.1) is 17.8 Å². The van der Waals surface area contributed by atoms with Gasteiger partial charge >= 0.3 is 5.97 Å². The summed E-state index contributed by atoms with van der Waals surface area (Å²) in [6, 6.07) is 7.33. The van der Waals surface area contributed by atoms with E-state index in [1.54, 1.807) is 13.2 Å². The summed E-state index contributed by atoms with van der Waals surface area (Å²) < 4.78 is 23.2. The Kier molecular flexibility index (Phi) is 6.44. The van der Waals surface area contributed by atoms with Gasteiger partial charge in [-0.3, -0.25) is 0 Å². The third kappa shape index (κ3) is 4.40. The van der Waals surface area contributed by atoms with E-state index in [1.165, 1.54) is 6.42 Å². The van der Waals surface area contributed by atoms with E-state index >= 15 is 0 Å². The number of esters is 1. The smallest absolute Gasteiger partial charge is 0.339 e. The Morgan fingerprint density at radius 3 is 2.73 bits per heavy atom. The Labute approximate surface area is 178 Å². The van der Waals surface area contributed by atoms with E-state index in [9.17, 15) is 4.79 Å². The maximum Gasteiger partial charge on any atom is 0.339 e. The van der Waals surface area contributed by atoms with Gasteiger partial charge in [0.15, 0.2) is 6.29 Å². The SMILES string of the molecule is CO[C@@H]1CC[C@H]2N=C(c3ccccc3C(=O)O[C@@H]3C[C@H](C)CC[C@H]3C(C)C)O[C@H]2O1.